The van der Waals surface area contributed by atoms with Crippen molar-refractivity contribution in [3.8, 4) is 23.1 Å². The van der Waals surface area contributed by atoms with Crippen molar-refractivity contribution in [2.24, 2.45) is 7.05 Å². The topological polar surface area (TPSA) is 121 Å². The number of nitrogens with zero attached hydrogens (tertiary/aromatic N) is 8. The van der Waals surface area contributed by atoms with Crippen LogP contribution in [0.25, 0.3) is 17.2 Å². The molecule has 1 N–H and O–H groups in total. The van der Waals surface area contributed by atoms with Crippen LogP contribution in [0.3, 0.4) is 0 Å². The average Bonchev–Trinajstić information content (AvgIpc) is 3.74. The standard InChI is InChI=1S/C27H31N9O3/c1-17-23(27-28-9-11-39-27)31-25(29-13-18-7-8-21(37-3)12-22(18)38-4)26-32-24(33-36(17)26)19-6-5-10-35(15-19)20-14-30-34(2)16-20/h7-9,11-12,14,16,19H,5-6,10,13,15H2,1-4H3,(H,29,31). The number of rotatable bonds is 8. The molecule has 4 aromatic heterocycles. The van der Waals surface area contributed by atoms with Gasteiger partial charge < -0.3 is 24.1 Å². The van der Waals surface area contributed by atoms with Crippen LogP contribution in [0.15, 0.2) is 47.5 Å². The molecule has 1 saturated heterocycles. The van der Waals surface area contributed by atoms with Gasteiger partial charge in [-0.25, -0.2) is 19.5 Å². The van der Waals surface area contributed by atoms with Crippen molar-refractivity contribution in [2.75, 3.05) is 37.5 Å². The van der Waals surface area contributed by atoms with E-state index in [1.807, 2.05) is 53.8 Å². The first-order valence-electron chi connectivity index (χ1n) is 12.9. The number of ether oxygens (including phenoxy) is 2. The van der Waals surface area contributed by atoms with Crippen molar-refractivity contribution in [1.82, 2.24) is 34.3 Å². The van der Waals surface area contributed by atoms with Gasteiger partial charge in [-0.05, 0) is 31.9 Å². The Hall–Kier alpha value is -4.61. The van der Waals surface area contributed by atoms with Crippen molar-refractivity contribution < 1.29 is 13.9 Å². The molecule has 1 fully saturated rings. The summed E-state index contributed by atoms with van der Waals surface area (Å²) in [6.45, 7) is 4.23. The minimum atomic E-state index is 0.179. The number of piperidine rings is 1. The molecule has 0 spiro atoms. The van der Waals surface area contributed by atoms with E-state index in [2.05, 4.69) is 20.3 Å². The lowest BCUT2D eigenvalue weighted by Crippen LogP contribution is -2.34. The van der Waals surface area contributed by atoms with Gasteiger partial charge in [0.25, 0.3) is 0 Å². The van der Waals surface area contributed by atoms with E-state index >= 15 is 0 Å². The van der Waals surface area contributed by atoms with Crippen LogP contribution in [0, 0.1) is 6.92 Å². The molecule has 1 aliphatic rings. The summed E-state index contributed by atoms with van der Waals surface area (Å²) in [6, 6.07) is 5.73. The summed E-state index contributed by atoms with van der Waals surface area (Å²) >= 11 is 0. The van der Waals surface area contributed by atoms with Crippen LogP contribution in [0.2, 0.25) is 0 Å². The van der Waals surface area contributed by atoms with Gasteiger partial charge in [0.1, 0.15) is 23.5 Å². The van der Waals surface area contributed by atoms with Crippen LogP contribution in [0.4, 0.5) is 11.5 Å². The average molecular weight is 530 g/mol. The Bertz CT molecular complexity index is 1590. The summed E-state index contributed by atoms with van der Waals surface area (Å²) in [5.74, 6) is 3.44. The number of fused-ring (bicyclic) bond motifs is 1. The number of methoxy groups -OCH3 is 2. The largest absolute Gasteiger partial charge is 0.497 e. The van der Waals surface area contributed by atoms with Crippen LogP contribution in [0.5, 0.6) is 11.5 Å². The zero-order valence-corrected chi connectivity index (χ0v) is 22.5. The number of hydrogen-bond donors (Lipinski definition) is 1. The van der Waals surface area contributed by atoms with Crippen molar-refractivity contribution in [3.05, 3.63) is 60.1 Å². The Kier molecular flexibility index (Phi) is 6.51. The van der Waals surface area contributed by atoms with Crippen LogP contribution < -0.4 is 19.7 Å². The first kappa shape index (κ1) is 24.7. The van der Waals surface area contributed by atoms with Crippen molar-refractivity contribution in [3.63, 3.8) is 0 Å². The van der Waals surface area contributed by atoms with E-state index in [0.717, 1.165) is 60.2 Å². The highest BCUT2D eigenvalue weighted by atomic mass is 16.5. The molecule has 202 valence electrons. The summed E-state index contributed by atoms with van der Waals surface area (Å²) in [4.78, 5) is 16.6. The van der Waals surface area contributed by atoms with Crippen LogP contribution >= 0.6 is 0 Å². The van der Waals surface area contributed by atoms with Gasteiger partial charge in [0.2, 0.25) is 5.89 Å². The molecule has 0 aliphatic carbocycles. The van der Waals surface area contributed by atoms with Crippen molar-refractivity contribution >= 4 is 17.2 Å². The molecule has 1 atom stereocenters. The molecule has 12 nitrogen and oxygen atoms in total. The van der Waals surface area contributed by atoms with E-state index in [0.29, 0.717) is 29.6 Å². The first-order chi connectivity index (χ1) is 19.0. The van der Waals surface area contributed by atoms with Crippen LogP contribution in [-0.2, 0) is 13.6 Å². The summed E-state index contributed by atoms with van der Waals surface area (Å²) in [6.07, 6.45) is 9.17. The Labute approximate surface area is 225 Å². The number of oxazole rings is 1. The molecule has 0 amide bonds. The SMILES string of the molecule is COc1ccc(CNc2nc(-c3ncco3)c(C)n3nc(C4CCCN(c5cnn(C)c5)C4)nc23)c(OC)c1. The van der Waals surface area contributed by atoms with Gasteiger partial charge >= 0.3 is 0 Å². The Morgan fingerprint density at radius 2 is 2.08 bits per heavy atom. The van der Waals surface area contributed by atoms with E-state index in [9.17, 15) is 0 Å². The fraction of sp³-hybridized carbons (Fsp3) is 0.370. The number of benzene rings is 1. The smallest absolute Gasteiger partial charge is 0.246 e. The van der Waals surface area contributed by atoms with Crippen LogP contribution in [-0.4, -0.2) is 61.7 Å². The highest BCUT2D eigenvalue weighted by Crippen LogP contribution is 2.32. The molecule has 39 heavy (non-hydrogen) atoms. The van der Waals surface area contributed by atoms with Crippen molar-refractivity contribution in [2.45, 2.75) is 32.2 Å². The minimum Gasteiger partial charge on any atom is -0.497 e. The number of aromatic nitrogens is 7. The molecule has 1 aliphatic heterocycles. The third-order valence-corrected chi connectivity index (χ3v) is 7.14. The molecule has 0 saturated carbocycles. The molecular formula is C27H31N9O3. The molecule has 12 heteroatoms. The van der Waals surface area contributed by atoms with Gasteiger partial charge in [-0.1, -0.05) is 0 Å². The summed E-state index contributed by atoms with van der Waals surface area (Å²) in [5.41, 5.74) is 4.14. The maximum Gasteiger partial charge on any atom is 0.246 e. The predicted octanol–water partition coefficient (Wildman–Crippen LogP) is 3.83. The highest BCUT2D eigenvalue weighted by Gasteiger charge is 2.27. The second-order valence-electron chi connectivity index (χ2n) is 9.63. The van der Waals surface area contributed by atoms with E-state index < -0.39 is 0 Å². The lowest BCUT2D eigenvalue weighted by molar-refractivity contribution is 0.391. The molecule has 5 heterocycles. The lowest BCUT2D eigenvalue weighted by Gasteiger charge is -2.32. The fourth-order valence-electron chi connectivity index (χ4n) is 5.06. The second kappa shape index (κ2) is 10.3. The lowest BCUT2D eigenvalue weighted by atomic mass is 9.97. The molecule has 5 aromatic rings. The summed E-state index contributed by atoms with van der Waals surface area (Å²) in [5, 5.41) is 12.8. The van der Waals surface area contributed by atoms with E-state index in [1.54, 1.807) is 20.4 Å². The van der Waals surface area contributed by atoms with Crippen LogP contribution in [0.1, 0.15) is 35.8 Å². The highest BCUT2D eigenvalue weighted by molar-refractivity contribution is 5.68. The Morgan fingerprint density at radius 3 is 2.82 bits per heavy atom. The van der Waals surface area contributed by atoms with Gasteiger partial charge in [-0.15, -0.1) is 0 Å². The monoisotopic (exact) mass is 529 g/mol. The molecule has 1 unspecified atom stereocenters. The van der Waals surface area contributed by atoms with Gasteiger partial charge in [0, 0.05) is 50.4 Å². The quantitative estimate of drug-likeness (QED) is 0.317. The number of nitrogens with one attached hydrogen (secondary N) is 1. The predicted molar refractivity (Wildman–Crippen MR) is 145 cm³/mol. The normalized spacial score (nSPS) is 15.6. The Morgan fingerprint density at radius 1 is 1.18 bits per heavy atom. The number of aryl methyl sites for hydroxylation is 2. The van der Waals surface area contributed by atoms with Gasteiger partial charge in [0.15, 0.2) is 17.3 Å². The number of hydrogen-bond acceptors (Lipinski definition) is 10. The van der Waals surface area contributed by atoms with Gasteiger partial charge in [0.05, 0.1) is 38.0 Å². The maximum absolute atomic E-state index is 5.61. The Balaban J connectivity index is 1.36. The first-order valence-corrected chi connectivity index (χ1v) is 12.9. The van der Waals surface area contributed by atoms with Gasteiger partial charge in [-0.3, -0.25) is 4.68 Å². The minimum absolute atomic E-state index is 0.179. The van der Waals surface area contributed by atoms with E-state index in [-0.39, 0.29) is 5.92 Å². The molecular weight excluding hydrogens is 498 g/mol. The molecule has 1 aromatic carbocycles. The second-order valence-corrected chi connectivity index (χ2v) is 9.63. The molecule has 0 bridgehead atoms. The molecule has 0 radical (unpaired) electrons. The summed E-state index contributed by atoms with van der Waals surface area (Å²) < 4.78 is 20.2. The maximum atomic E-state index is 5.61. The zero-order valence-electron chi connectivity index (χ0n) is 22.5. The van der Waals surface area contributed by atoms with E-state index in [4.69, 9.17) is 29.0 Å². The zero-order chi connectivity index (χ0) is 26.9. The fourth-order valence-corrected chi connectivity index (χ4v) is 5.06. The van der Waals surface area contributed by atoms with Gasteiger partial charge in [-0.2, -0.15) is 10.2 Å². The third-order valence-electron chi connectivity index (χ3n) is 7.14. The number of anilines is 2. The summed E-state index contributed by atoms with van der Waals surface area (Å²) in [7, 11) is 5.21. The molecule has 6 rings (SSSR count). The van der Waals surface area contributed by atoms with E-state index in [1.165, 1.54) is 6.26 Å². The third kappa shape index (κ3) is 4.73. The van der Waals surface area contributed by atoms with Crippen molar-refractivity contribution in [1.29, 1.82) is 0 Å².